The fraction of sp³-hybridized carbons (Fsp3) is 0.522. The summed E-state index contributed by atoms with van der Waals surface area (Å²) >= 11 is 0. The molecule has 0 aliphatic heterocycles. The first-order chi connectivity index (χ1) is 15.3. The highest BCUT2D eigenvalue weighted by Crippen LogP contribution is 2.37. The summed E-state index contributed by atoms with van der Waals surface area (Å²) in [7, 11) is 1.21. The molecule has 0 bridgehead atoms. The molecule has 0 aromatic heterocycles. The number of hydrogen-bond acceptors (Lipinski definition) is 3. The molecule has 10 heteroatoms. The normalized spacial score (nSPS) is 15.8. The van der Waals surface area contributed by atoms with E-state index in [-0.39, 0.29) is 23.6 Å². The minimum atomic E-state index is -4.83. The van der Waals surface area contributed by atoms with Gasteiger partial charge in [0, 0.05) is 13.7 Å². The molecule has 0 saturated carbocycles. The van der Waals surface area contributed by atoms with Crippen LogP contribution in [-0.4, -0.2) is 25.6 Å². The third kappa shape index (κ3) is 10.00. The van der Waals surface area contributed by atoms with E-state index < -0.39 is 29.6 Å². The number of likely N-dealkylation sites (N-methyl/N-ethyl adjacent to an activating group) is 1. The molecule has 3 N–H and O–H groups in total. The third-order valence-electron chi connectivity index (χ3n) is 5.00. The lowest BCUT2D eigenvalue weighted by molar-refractivity contribution is -0.143. The summed E-state index contributed by atoms with van der Waals surface area (Å²) < 4.78 is 79.7. The van der Waals surface area contributed by atoms with E-state index in [9.17, 15) is 31.1 Å². The van der Waals surface area contributed by atoms with E-state index in [1.165, 1.54) is 19.6 Å². The quantitative estimate of drug-likeness (QED) is 0.475. The number of rotatable bonds is 7. The average molecular weight is 480 g/mol. The van der Waals surface area contributed by atoms with Crippen molar-refractivity contribution in [2.75, 3.05) is 13.7 Å². The molecular weight excluding hydrogens is 450 g/mol. The van der Waals surface area contributed by atoms with Crippen molar-refractivity contribution < 1.29 is 35.9 Å². The van der Waals surface area contributed by atoms with Crippen LogP contribution in [0.3, 0.4) is 0 Å². The summed E-state index contributed by atoms with van der Waals surface area (Å²) in [6.45, 7) is 3.92. The van der Waals surface area contributed by atoms with E-state index in [1.54, 1.807) is 0 Å². The van der Waals surface area contributed by atoms with Gasteiger partial charge in [0.05, 0.1) is 23.3 Å². The molecule has 1 aromatic rings. The van der Waals surface area contributed by atoms with Gasteiger partial charge in [0.1, 0.15) is 0 Å². The zero-order valence-corrected chi connectivity index (χ0v) is 18.8. The average Bonchev–Trinajstić information content (AvgIpc) is 2.76. The molecule has 0 radical (unpaired) electrons. The molecular formula is C23H30F6N2O2. The number of carbonyl (C=O) groups excluding carboxylic acids is 1. The minimum Gasteiger partial charge on any atom is -0.377 e. The monoisotopic (exact) mass is 480 g/mol. The molecule has 186 valence electrons. The Bertz CT molecular complexity index is 799. The first-order valence-electron chi connectivity index (χ1n) is 10.5. The Morgan fingerprint density at radius 3 is 2.12 bits per heavy atom. The Hall–Kier alpha value is -2.33. The molecule has 0 saturated heterocycles. The van der Waals surface area contributed by atoms with E-state index >= 15 is 0 Å². The molecule has 0 fully saturated rings. The molecule has 2 unspecified atom stereocenters. The lowest BCUT2D eigenvalue weighted by Crippen LogP contribution is -2.40. The van der Waals surface area contributed by atoms with E-state index in [0.717, 1.165) is 25.7 Å². The fourth-order valence-corrected chi connectivity index (χ4v) is 2.99. The van der Waals surface area contributed by atoms with Crippen molar-refractivity contribution >= 4 is 5.91 Å². The topological polar surface area (TPSA) is 64.4 Å². The van der Waals surface area contributed by atoms with Gasteiger partial charge >= 0.3 is 12.4 Å². The van der Waals surface area contributed by atoms with Crippen LogP contribution in [0.25, 0.3) is 0 Å². The Morgan fingerprint density at radius 1 is 1.12 bits per heavy atom. The number of halogens is 6. The number of ether oxygens (including phenoxy) is 1. The van der Waals surface area contributed by atoms with Gasteiger partial charge < -0.3 is 15.8 Å². The highest BCUT2D eigenvalue weighted by molar-refractivity contribution is 5.81. The number of allylic oxidation sites excluding steroid dienone is 4. The van der Waals surface area contributed by atoms with Crippen LogP contribution in [0.4, 0.5) is 26.3 Å². The summed E-state index contributed by atoms with van der Waals surface area (Å²) in [4.78, 5) is 11.3. The number of carbonyl (C=O) groups is 1. The molecule has 2 rings (SSSR count). The highest BCUT2D eigenvalue weighted by Gasteiger charge is 2.37. The second kappa shape index (κ2) is 12.8. The van der Waals surface area contributed by atoms with Crippen LogP contribution in [0.15, 0.2) is 42.0 Å². The number of nitrogens with two attached hydrogens (primary N) is 1. The summed E-state index contributed by atoms with van der Waals surface area (Å²) in [6.07, 6.45) is -0.243. The molecule has 0 heterocycles. The van der Waals surface area contributed by atoms with Crippen LogP contribution in [0.1, 0.15) is 62.3 Å². The molecule has 1 amide bonds. The second-order valence-electron chi connectivity index (χ2n) is 7.55. The molecule has 1 aliphatic rings. The van der Waals surface area contributed by atoms with E-state index in [1.807, 2.05) is 6.92 Å². The Labute approximate surface area is 189 Å². The van der Waals surface area contributed by atoms with Gasteiger partial charge in [0.25, 0.3) is 0 Å². The van der Waals surface area contributed by atoms with E-state index in [2.05, 4.69) is 23.5 Å². The molecule has 33 heavy (non-hydrogen) atoms. The van der Waals surface area contributed by atoms with Gasteiger partial charge in [-0.15, -0.1) is 0 Å². The maximum absolute atomic E-state index is 12.5. The van der Waals surface area contributed by atoms with Crippen LogP contribution in [0.2, 0.25) is 0 Å². The number of benzene rings is 1. The third-order valence-corrected chi connectivity index (χ3v) is 5.00. The molecule has 4 nitrogen and oxygen atoms in total. The van der Waals surface area contributed by atoms with Crippen LogP contribution in [0, 0.1) is 0 Å². The largest absolute Gasteiger partial charge is 0.416 e. The van der Waals surface area contributed by atoms with E-state index in [0.29, 0.717) is 18.7 Å². The molecule has 1 aromatic carbocycles. The number of methoxy groups -OCH3 is 1. The van der Waals surface area contributed by atoms with Gasteiger partial charge in [-0.05, 0) is 63.3 Å². The standard InChI is InChI=1S/C12H20N2O.C11H10F6O/c1-2-14-12(15)11(13)9-8-10-6-4-3-5-7-10;1-6(18-2)7-3-8(10(12,13)14)5-9(4-7)11(15,16)17/h3-4,6,11H,2,5,7-9,13H2,1H3,(H,14,15);3-6H,1-2H3. The van der Waals surface area contributed by atoms with Crippen molar-refractivity contribution in [2.45, 2.75) is 64.0 Å². The van der Waals surface area contributed by atoms with Crippen molar-refractivity contribution in [2.24, 2.45) is 5.73 Å². The maximum Gasteiger partial charge on any atom is 0.416 e. The van der Waals surface area contributed by atoms with Crippen molar-refractivity contribution in [3.05, 3.63) is 58.7 Å². The minimum absolute atomic E-state index is 0.0375. The van der Waals surface area contributed by atoms with Crippen molar-refractivity contribution in [1.29, 1.82) is 0 Å². The van der Waals surface area contributed by atoms with Gasteiger partial charge in [-0.1, -0.05) is 23.8 Å². The van der Waals surface area contributed by atoms with Crippen LogP contribution in [-0.2, 0) is 21.9 Å². The number of amides is 1. The first-order valence-corrected chi connectivity index (χ1v) is 10.5. The van der Waals surface area contributed by atoms with Crippen LogP contribution >= 0.6 is 0 Å². The molecule has 0 spiro atoms. The van der Waals surface area contributed by atoms with Crippen LogP contribution < -0.4 is 11.1 Å². The van der Waals surface area contributed by atoms with Crippen LogP contribution in [0.5, 0.6) is 0 Å². The van der Waals surface area contributed by atoms with E-state index in [4.69, 9.17) is 10.5 Å². The maximum atomic E-state index is 12.5. The van der Waals surface area contributed by atoms with Crippen molar-refractivity contribution in [3.63, 3.8) is 0 Å². The second-order valence-corrected chi connectivity index (χ2v) is 7.55. The summed E-state index contributed by atoms with van der Waals surface area (Å²) in [5.41, 5.74) is 4.32. The fourth-order valence-electron chi connectivity index (χ4n) is 2.99. The Morgan fingerprint density at radius 2 is 1.70 bits per heavy atom. The van der Waals surface area contributed by atoms with Gasteiger partial charge in [-0.2, -0.15) is 26.3 Å². The molecule has 1 aliphatic carbocycles. The summed E-state index contributed by atoms with van der Waals surface area (Å²) in [5, 5.41) is 2.74. The zero-order chi connectivity index (χ0) is 25.2. The Balaban J connectivity index is 0.000000335. The summed E-state index contributed by atoms with van der Waals surface area (Å²) in [6, 6.07) is 1.04. The summed E-state index contributed by atoms with van der Waals surface area (Å²) in [5.74, 6) is -0.0375. The lowest BCUT2D eigenvalue weighted by atomic mass is 9.98. The predicted molar refractivity (Wildman–Crippen MR) is 114 cm³/mol. The van der Waals surface area contributed by atoms with Gasteiger partial charge in [-0.3, -0.25) is 4.79 Å². The molecule has 2 atom stereocenters. The lowest BCUT2D eigenvalue weighted by Gasteiger charge is -2.17. The number of nitrogens with one attached hydrogen (secondary N) is 1. The predicted octanol–water partition coefficient (Wildman–Crippen LogP) is 5.94. The first kappa shape index (κ1) is 28.7. The van der Waals surface area contributed by atoms with Gasteiger partial charge in [-0.25, -0.2) is 0 Å². The smallest absolute Gasteiger partial charge is 0.377 e. The number of hydrogen-bond donors (Lipinski definition) is 2. The number of alkyl halides is 6. The Kier molecular flexibility index (Phi) is 11.1. The SMILES string of the molecule is CCNC(=O)C(N)CCC1=CC=CCC1.COC(C)c1cc(C(F)(F)F)cc(C(F)(F)F)c1. The highest BCUT2D eigenvalue weighted by atomic mass is 19.4. The van der Waals surface area contributed by atoms with Crippen molar-refractivity contribution in [3.8, 4) is 0 Å². The van der Waals surface area contributed by atoms with Crippen molar-refractivity contribution in [1.82, 2.24) is 5.32 Å². The van der Waals surface area contributed by atoms with Gasteiger partial charge in [0.2, 0.25) is 5.91 Å². The van der Waals surface area contributed by atoms with Gasteiger partial charge in [0.15, 0.2) is 0 Å². The zero-order valence-electron chi connectivity index (χ0n) is 18.8.